The number of ether oxygens (including phenoxy) is 3. The lowest BCUT2D eigenvalue weighted by Crippen LogP contribution is -2.21. The highest BCUT2D eigenvalue weighted by Gasteiger charge is 2.24. The molecule has 0 spiro atoms. The number of nitrogens with zero attached hydrogens (tertiary/aromatic N) is 4. The number of hydrogen-bond acceptors (Lipinski definition) is 7. The van der Waals surface area contributed by atoms with E-state index in [1.54, 1.807) is 31.0 Å². The van der Waals surface area contributed by atoms with Gasteiger partial charge in [0.25, 0.3) is 0 Å². The average Bonchev–Trinajstić information content (AvgIpc) is 3.37. The van der Waals surface area contributed by atoms with Crippen LogP contribution >= 0.6 is 0 Å². The van der Waals surface area contributed by atoms with Gasteiger partial charge in [0.1, 0.15) is 22.9 Å². The van der Waals surface area contributed by atoms with Crippen LogP contribution in [-0.4, -0.2) is 47.4 Å². The fraction of sp³-hybridized carbons (Fsp3) is 0.692. The van der Waals surface area contributed by atoms with Crippen LogP contribution in [0.2, 0.25) is 0 Å². The molecule has 0 aliphatic carbocycles. The fourth-order valence-electron chi connectivity index (χ4n) is 3.94. The molecule has 0 radical (unpaired) electrons. The van der Waals surface area contributed by atoms with Crippen molar-refractivity contribution in [1.82, 2.24) is 20.2 Å². The molecule has 0 aliphatic rings. The van der Waals surface area contributed by atoms with E-state index in [0.29, 0.717) is 28.8 Å². The van der Waals surface area contributed by atoms with Gasteiger partial charge >= 0.3 is 0 Å². The highest BCUT2D eigenvalue weighted by atomic mass is 16.5. The molecule has 0 bridgehead atoms. The fourth-order valence-corrected chi connectivity index (χ4v) is 3.94. The molecule has 2 aromatic rings. The van der Waals surface area contributed by atoms with Gasteiger partial charge in [-0.05, 0) is 25.5 Å². The van der Waals surface area contributed by atoms with Crippen LogP contribution in [0.5, 0.6) is 17.2 Å². The molecule has 1 aromatic heterocycles. The Balaban J connectivity index is 1.87. The van der Waals surface area contributed by atoms with E-state index in [1.165, 1.54) is 65.6 Å². The molecule has 1 amide bonds. The molecule has 196 valence electrons. The van der Waals surface area contributed by atoms with E-state index in [4.69, 9.17) is 14.2 Å². The van der Waals surface area contributed by atoms with Gasteiger partial charge in [0, 0.05) is 12.1 Å². The Kier molecular flexibility index (Phi) is 12.3. The summed E-state index contributed by atoms with van der Waals surface area (Å²) in [5.74, 6) is 0.946. The van der Waals surface area contributed by atoms with Gasteiger partial charge in [-0.15, -0.1) is 10.2 Å². The zero-order valence-electron chi connectivity index (χ0n) is 22.3. The number of carbonyl (C=O) groups excluding carboxylic acids is 1. The first-order chi connectivity index (χ1) is 16.9. The summed E-state index contributed by atoms with van der Waals surface area (Å²) < 4.78 is 16.1. The smallest absolute Gasteiger partial charge is 0.235 e. The molecule has 2 atom stereocenters. The van der Waals surface area contributed by atoms with E-state index in [0.717, 1.165) is 12.8 Å². The summed E-state index contributed by atoms with van der Waals surface area (Å²) in [6.45, 7) is 6.10. The van der Waals surface area contributed by atoms with Gasteiger partial charge in [0.2, 0.25) is 5.91 Å². The van der Waals surface area contributed by atoms with Crippen molar-refractivity contribution in [2.45, 2.75) is 96.9 Å². The van der Waals surface area contributed by atoms with Crippen LogP contribution in [0.4, 0.5) is 5.69 Å². The lowest BCUT2D eigenvalue weighted by atomic mass is 10.1. The first kappa shape index (κ1) is 28.4. The monoisotopic (exact) mass is 489 g/mol. The van der Waals surface area contributed by atoms with Crippen LogP contribution in [0.25, 0.3) is 0 Å². The average molecular weight is 490 g/mol. The lowest BCUT2D eigenvalue weighted by molar-refractivity contribution is -0.117. The molecular weight excluding hydrogens is 446 g/mol. The molecule has 0 fully saturated rings. The molecule has 2 unspecified atom stereocenters. The quantitative estimate of drug-likeness (QED) is 0.275. The number of aromatic nitrogens is 4. The third-order valence-corrected chi connectivity index (χ3v) is 6.31. The van der Waals surface area contributed by atoms with Crippen LogP contribution in [0.3, 0.4) is 0 Å². The number of methoxy groups -OCH3 is 3. The van der Waals surface area contributed by atoms with E-state index in [9.17, 15) is 4.79 Å². The van der Waals surface area contributed by atoms with Crippen molar-refractivity contribution in [2.75, 3.05) is 26.6 Å². The molecular formula is C26H43N5O4. The summed E-state index contributed by atoms with van der Waals surface area (Å²) in [7, 11) is 4.60. The van der Waals surface area contributed by atoms with Gasteiger partial charge in [-0.2, -0.15) is 4.80 Å². The standard InChI is InChI=1S/C26H43N5O4/c1-7-8-9-10-11-12-13-14-15-16-19(2)31-29-25(28-30-31)20(3)26(32)27-24-22(34-5)17-21(33-4)18-23(24)35-6/h17-20H,7-16H2,1-6H3,(H,27,32). The molecule has 1 aromatic carbocycles. The zero-order chi connectivity index (χ0) is 25.6. The largest absolute Gasteiger partial charge is 0.496 e. The van der Waals surface area contributed by atoms with Crippen molar-refractivity contribution in [3.63, 3.8) is 0 Å². The first-order valence-corrected chi connectivity index (χ1v) is 12.8. The van der Waals surface area contributed by atoms with Crippen molar-refractivity contribution in [3.05, 3.63) is 18.0 Å². The number of carbonyl (C=O) groups is 1. The van der Waals surface area contributed by atoms with E-state index >= 15 is 0 Å². The number of nitrogens with one attached hydrogen (secondary N) is 1. The van der Waals surface area contributed by atoms with Gasteiger partial charge < -0.3 is 19.5 Å². The summed E-state index contributed by atoms with van der Waals surface area (Å²) in [5, 5.41) is 15.7. The Morgan fingerprint density at radius 2 is 1.49 bits per heavy atom. The van der Waals surface area contributed by atoms with Gasteiger partial charge in [-0.25, -0.2) is 0 Å². The minimum Gasteiger partial charge on any atom is -0.496 e. The molecule has 35 heavy (non-hydrogen) atoms. The normalized spacial score (nSPS) is 12.7. The number of tetrazole rings is 1. The van der Waals surface area contributed by atoms with Gasteiger partial charge in [-0.3, -0.25) is 4.79 Å². The molecule has 1 heterocycles. The highest BCUT2D eigenvalue weighted by Crippen LogP contribution is 2.39. The van der Waals surface area contributed by atoms with Crippen molar-refractivity contribution in [2.24, 2.45) is 0 Å². The van der Waals surface area contributed by atoms with Crippen molar-refractivity contribution in [3.8, 4) is 17.2 Å². The maximum Gasteiger partial charge on any atom is 0.235 e. The molecule has 9 nitrogen and oxygen atoms in total. The molecule has 0 saturated carbocycles. The predicted octanol–water partition coefficient (Wildman–Crippen LogP) is 5.92. The minimum absolute atomic E-state index is 0.137. The topological polar surface area (TPSA) is 100 Å². The van der Waals surface area contributed by atoms with E-state index in [1.807, 2.05) is 0 Å². The van der Waals surface area contributed by atoms with Crippen molar-refractivity contribution in [1.29, 1.82) is 0 Å². The third kappa shape index (κ3) is 8.71. The van der Waals surface area contributed by atoms with Gasteiger partial charge in [0.15, 0.2) is 5.82 Å². The number of benzene rings is 1. The molecule has 0 aliphatic heterocycles. The van der Waals surface area contributed by atoms with Gasteiger partial charge in [0.05, 0.1) is 33.3 Å². The second kappa shape index (κ2) is 15.2. The Morgan fingerprint density at radius 3 is 2.03 bits per heavy atom. The maximum atomic E-state index is 13.0. The second-order valence-electron chi connectivity index (χ2n) is 9.05. The summed E-state index contributed by atoms with van der Waals surface area (Å²) in [6, 6.07) is 3.51. The van der Waals surface area contributed by atoms with Crippen molar-refractivity contribution >= 4 is 11.6 Å². The molecule has 1 N–H and O–H groups in total. The number of rotatable bonds is 17. The Hall–Kier alpha value is -2.84. The Morgan fingerprint density at radius 1 is 0.914 bits per heavy atom. The Bertz CT molecular complexity index is 877. The minimum atomic E-state index is -0.597. The van der Waals surface area contributed by atoms with Crippen molar-refractivity contribution < 1.29 is 19.0 Å². The number of amides is 1. The summed E-state index contributed by atoms with van der Waals surface area (Å²) in [6.07, 6.45) is 12.7. The third-order valence-electron chi connectivity index (χ3n) is 6.31. The summed E-state index contributed by atoms with van der Waals surface area (Å²) >= 11 is 0. The van der Waals surface area contributed by atoms with Crippen LogP contribution in [0.1, 0.15) is 103 Å². The molecule has 2 rings (SSSR count). The predicted molar refractivity (Wildman–Crippen MR) is 138 cm³/mol. The van der Waals surface area contributed by atoms with Gasteiger partial charge in [-0.1, -0.05) is 64.7 Å². The summed E-state index contributed by atoms with van der Waals surface area (Å²) in [4.78, 5) is 14.6. The number of unbranched alkanes of at least 4 members (excludes halogenated alkanes) is 8. The number of anilines is 1. The van der Waals surface area contributed by atoms with Crippen LogP contribution in [0.15, 0.2) is 12.1 Å². The van der Waals surface area contributed by atoms with Crippen LogP contribution < -0.4 is 19.5 Å². The lowest BCUT2D eigenvalue weighted by Gasteiger charge is -2.17. The zero-order valence-corrected chi connectivity index (χ0v) is 22.3. The molecule has 9 heteroatoms. The highest BCUT2D eigenvalue weighted by molar-refractivity contribution is 5.98. The van der Waals surface area contributed by atoms with Crippen LogP contribution in [0, 0.1) is 0 Å². The second-order valence-corrected chi connectivity index (χ2v) is 9.05. The summed E-state index contributed by atoms with van der Waals surface area (Å²) in [5.41, 5.74) is 0.429. The maximum absolute atomic E-state index is 13.0. The van der Waals surface area contributed by atoms with E-state index in [2.05, 4.69) is 34.6 Å². The SMILES string of the molecule is CCCCCCCCCCCC(C)n1nnc(C(C)C(=O)Nc2c(OC)cc(OC)cc2OC)n1. The van der Waals surface area contributed by atoms with E-state index < -0.39 is 5.92 Å². The number of hydrogen-bond donors (Lipinski definition) is 1. The molecule has 0 saturated heterocycles. The first-order valence-electron chi connectivity index (χ1n) is 12.8. The van der Waals surface area contributed by atoms with Crippen LogP contribution in [-0.2, 0) is 4.79 Å². The van der Waals surface area contributed by atoms with E-state index in [-0.39, 0.29) is 11.9 Å². The Labute approximate surface area is 209 Å².